The van der Waals surface area contributed by atoms with E-state index in [1.54, 1.807) is 58.2 Å². The third-order valence-electron chi connectivity index (χ3n) is 5.16. The van der Waals surface area contributed by atoms with Gasteiger partial charge in [-0.2, -0.15) is 5.26 Å². The quantitative estimate of drug-likeness (QED) is 0.369. The van der Waals surface area contributed by atoms with Crippen molar-refractivity contribution in [2.24, 2.45) is 0 Å². The van der Waals surface area contributed by atoms with Crippen LogP contribution in [-0.2, 0) is 14.3 Å². The third-order valence-corrected chi connectivity index (χ3v) is 5.16. The Morgan fingerprint density at radius 1 is 0.971 bits per heavy atom. The number of methoxy groups -OCH3 is 2. The average molecular weight is 478 g/mol. The SMILES string of the molecule is COC(=O)c1ccc2c(c1)N(C(=O)OC(C)(C)C)CCN2C(=O)C(C#N)=Cc1ccc(OC)cc1. The molecule has 9 nitrogen and oxygen atoms in total. The average Bonchev–Trinajstić information content (AvgIpc) is 2.84. The number of esters is 1. The molecule has 0 unspecified atom stereocenters. The smallest absolute Gasteiger partial charge is 0.414 e. The highest BCUT2D eigenvalue weighted by Crippen LogP contribution is 2.36. The van der Waals surface area contributed by atoms with Crippen molar-refractivity contribution >= 4 is 35.4 Å². The van der Waals surface area contributed by atoms with Crippen molar-refractivity contribution < 1.29 is 28.6 Å². The van der Waals surface area contributed by atoms with Crippen molar-refractivity contribution in [3.05, 3.63) is 59.2 Å². The maximum Gasteiger partial charge on any atom is 0.414 e. The minimum Gasteiger partial charge on any atom is -0.497 e. The normalized spacial score (nSPS) is 13.4. The Morgan fingerprint density at radius 2 is 1.63 bits per heavy atom. The van der Waals surface area contributed by atoms with Crippen molar-refractivity contribution in [3.8, 4) is 11.8 Å². The van der Waals surface area contributed by atoms with Gasteiger partial charge in [0.2, 0.25) is 0 Å². The number of benzene rings is 2. The number of amides is 2. The molecule has 0 aromatic heterocycles. The Kier molecular flexibility index (Phi) is 7.45. The van der Waals surface area contributed by atoms with Gasteiger partial charge in [-0.15, -0.1) is 0 Å². The van der Waals surface area contributed by atoms with Crippen LogP contribution in [0.15, 0.2) is 48.0 Å². The summed E-state index contributed by atoms with van der Waals surface area (Å²) < 4.78 is 15.5. The van der Waals surface area contributed by atoms with Gasteiger partial charge in [0.25, 0.3) is 5.91 Å². The summed E-state index contributed by atoms with van der Waals surface area (Å²) in [5.74, 6) is -0.461. The largest absolute Gasteiger partial charge is 0.497 e. The predicted molar refractivity (Wildman–Crippen MR) is 130 cm³/mol. The molecule has 0 fully saturated rings. The molecule has 35 heavy (non-hydrogen) atoms. The molecule has 3 rings (SSSR count). The summed E-state index contributed by atoms with van der Waals surface area (Å²) in [6.45, 7) is 5.49. The van der Waals surface area contributed by atoms with Crippen molar-refractivity contribution in [2.75, 3.05) is 37.1 Å². The summed E-state index contributed by atoms with van der Waals surface area (Å²) in [5.41, 5.74) is 0.731. The lowest BCUT2D eigenvalue weighted by Crippen LogP contribution is -2.48. The van der Waals surface area contributed by atoms with Gasteiger partial charge in [0.15, 0.2) is 0 Å². The molecule has 0 aliphatic carbocycles. The van der Waals surface area contributed by atoms with E-state index in [1.165, 1.54) is 35.1 Å². The number of nitriles is 1. The fourth-order valence-electron chi connectivity index (χ4n) is 3.53. The fraction of sp³-hybridized carbons (Fsp3) is 0.308. The summed E-state index contributed by atoms with van der Waals surface area (Å²) in [7, 11) is 2.81. The van der Waals surface area contributed by atoms with E-state index in [0.717, 1.165) is 0 Å². The van der Waals surface area contributed by atoms with Crippen LogP contribution in [0.5, 0.6) is 5.75 Å². The van der Waals surface area contributed by atoms with Gasteiger partial charge in [0.05, 0.1) is 31.2 Å². The van der Waals surface area contributed by atoms with Gasteiger partial charge < -0.3 is 19.1 Å². The second kappa shape index (κ2) is 10.3. The second-order valence-electron chi connectivity index (χ2n) is 8.73. The standard InChI is InChI=1S/C26H27N3O6/c1-26(2,3)35-25(32)29-13-12-28(21-11-8-18(15-22(21)29)24(31)34-5)23(30)19(16-27)14-17-6-9-20(33-4)10-7-17/h6-11,14-15H,12-13H2,1-5H3. The summed E-state index contributed by atoms with van der Waals surface area (Å²) >= 11 is 0. The first-order valence-corrected chi connectivity index (χ1v) is 10.9. The molecule has 0 spiro atoms. The molecule has 2 amide bonds. The monoisotopic (exact) mass is 477 g/mol. The topological polar surface area (TPSA) is 109 Å². The van der Waals surface area contributed by atoms with E-state index in [9.17, 15) is 19.6 Å². The van der Waals surface area contributed by atoms with E-state index in [4.69, 9.17) is 14.2 Å². The van der Waals surface area contributed by atoms with Crippen LogP contribution in [0.2, 0.25) is 0 Å². The zero-order valence-corrected chi connectivity index (χ0v) is 20.3. The number of hydrogen-bond donors (Lipinski definition) is 0. The Morgan fingerprint density at radius 3 is 2.20 bits per heavy atom. The molecule has 1 aliphatic heterocycles. The number of rotatable bonds is 4. The summed E-state index contributed by atoms with van der Waals surface area (Å²) in [6.07, 6.45) is 0.881. The van der Waals surface area contributed by atoms with Gasteiger partial charge in [-0.3, -0.25) is 9.69 Å². The number of carbonyl (C=O) groups excluding carboxylic acids is 3. The Hall–Kier alpha value is -4.32. The van der Waals surface area contributed by atoms with Crippen LogP contribution in [0.1, 0.15) is 36.7 Å². The maximum absolute atomic E-state index is 13.4. The Balaban J connectivity index is 2.01. The van der Waals surface area contributed by atoms with Crippen LogP contribution in [0, 0.1) is 11.3 Å². The molecule has 0 N–H and O–H groups in total. The van der Waals surface area contributed by atoms with Gasteiger partial charge in [-0.1, -0.05) is 12.1 Å². The fourth-order valence-corrected chi connectivity index (χ4v) is 3.53. The molecule has 0 bridgehead atoms. The number of ether oxygens (including phenoxy) is 3. The highest BCUT2D eigenvalue weighted by molar-refractivity contribution is 6.14. The minimum absolute atomic E-state index is 0.0797. The number of nitrogens with zero attached hydrogens (tertiary/aromatic N) is 3. The molecule has 0 atom stereocenters. The predicted octanol–water partition coefficient (Wildman–Crippen LogP) is 4.18. The van der Waals surface area contributed by atoms with E-state index in [2.05, 4.69) is 0 Å². The summed E-state index contributed by atoms with van der Waals surface area (Å²) in [6, 6.07) is 13.4. The Labute approximate surface area is 204 Å². The molecule has 9 heteroatoms. The maximum atomic E-state index is 13.4. The number of fused-ring (bicyclic) bond motifs is 1. The molecule has 0 saturated heterocycles. The lowest BCUT2D eigenvalue weighted by atomic mass is 10.1. The van der Waals surface area contributed by atoms with E-state index in [0.29, 0.717) is 22.7 Å². The second-order valence-corrected chi connectivity index (χ2v) is 8.73. The molecule has 1 heterocycles. The molecular formula is C26H27N3O6. The molecule has 0 radical (unpaired) electrons. The first kappa shape index (κ1) is 25.3. The molecule has 2 aromatic rings. The van der Waals surface area contributed by atoms with Crippen molar-refractivity contribution in [2.45, 2.75) is 26.4 Å². The van der Waals surface area contributed by atoms with E-state index < -0.39 is 23.6 Å². The molecular weight excluding hydrogens is 450 g/mol. The first-order chi connectivity index (χ1) is 16.6. The van der Waals surface area contributed by atoms with Gasteiger partial charge in [-0.25, -0.2) is 9.59 Å². The summed E-state index contributed by atoms with van der Waals surface area (Å²) in [4.78, 5) is 41.2. The van der Waals surface area contributed by atoms with Crippen LogP contribution in [0.4, 0.5) is 16.2 Å². The van der Waals surface area contributed by atoms with Crippen LogP contribution in [0.3, 0.4) is 0 Å². The van der Waals surface area contributed by atoms with E-state index in [-0.39, 0.29) is 24.2 Å². The first-order valence-electron chi connectivity index (χ1n) is 10.9. The van der Waals surface area contributed by atoms with Gasteiger partial charge in [0, 0.05) is 13.1 Å². The van der Waals surface area contributed by atoms with Crippen LogP contribution >= 0.6 is 0 Å². The van der Waals surface area contributed by atoms with Gasteiger partial charge >= 0.3 is 12.1 Å². The molecule has 2 aromatic carbocycles. The van der Waals surface area contributed by atoms with Gasteiger partial charge in [0.1, 0.15) is 23.0 Å². The van der Waals surface area contributed by atoms with E-state index in [1.807, 2.05) is 6.07 Å². The van der Waals surface area contributed by atoms with Crippen molar-refractivity contribution in [3.63, 3.8) is 0 Å². The van der Waals surface area contributed by atoms with Crippen LogP contribution in [0.25, 0.3) is 6.08 Å². The molecule has 1 aliphatic rings. The van der Waals surface area contributed by atoms with Crippen molar-refractivity contribution in [1.82, 2.24) is 0 Å². The van der Waals surface area contributed by atoms with Crippen molar-refractivity contribution in [1.29, 1.82) is 5.26 Å². The third kappa shape index (κ3) is 5.79. The van der Waals surface area contributed by atoms with Crippen LogP contribution in [-0.4, -0.2) is 50.9 Å². The van der Waals surface area contributed by atoms with E-state index >= 15 is 0 Å². The van der Waals surface area contributed by atoms with Crippen LogP contribution < -0.4 is 14.5 Å². The summed E-state index contributed by atoms with van der Waals surface area (Å²) in [5, 5.41) is 9.72. The minimum atomic E-state index is -0.737. The van der Waals surface area contributed by atoms with Gasteiger partial charge in [-0.05, 0) is 62.7 Å². The number of hydrogen-bond acceptors (Lipinski definition) is 7. The highest BCUT2D eigenvalue weighted by Gasteiger charge is 2.34. The lowest BCUT2D eigenvalue weighted by Gasteiger charge is -2.37. The highest BCUT2D eigenvalue weighted by atomic mass is 16.6. The molecule has 0 saturated carbocycles. The lowest BCUT2D eigenvalue weighted by molar-refractivity contribution is -0.114. The number of anilines is 2. The zero-order chi connectivity index (χ0) is 25.8. The Bertz CT molecular complexity index is 1210. The zero-order valence-electron chi connectivity index (χ0n) is 20.3. The molecule has 182 valence electrons. The number of carbonyl (C=O) groups is 3.